The standard InChI is InChI=1S/C7H10O5/c1-3-11-6(9)4-7(10)12-5(2)8/h3-4H2,1-2H3. The van der Waals surface area contributed by atoms with Gasteiger partial charge >= 0.3 is 17.9 Å². The fourth-order valence-corrected chi connectivity index (χ4v) is 0.526. The minimum atomic E-state index is -0.888. The van der Waals surface area contributed by atoms with Crippen molar-refractivity contribution in [3.05, 3.63) is 0 Å². The van der Waals surface area contributed by atoms with Gasteiger partial charge in [0.25, 0.3) is 0 Å². The van der Waals surface area contributed by atoms with E-state index >= 15 is 0 Å². The minimum absolute atomic E-state index is 0.201. The average molecular weight is 174 g/mol. The maximum Gasteiger partial charge on any atom is 0.324 e. The fraction of sp³-hybridized carbons (Fsp3) is 0.571. The Balaban J connectivity index is 3.69. The molecule has 5 nitrogen and oxygen atoms in total. The lowest BCUT2D eigenvalue weighted by atomic mass is 10.4. The molecule has 0 aliphatic rings. The molecule has 0 radical (unpaired) electrons. The van der Waals surface area contributed by atoms with Crippen molar-refractivity contribution in [3.8, 4) is 0 Å². The summed E-state index contributed by atoms with van der Waals surface area (Å²) in [5.74, 6) is -2.31. The SMILES string of the molecule is CCOC(=O)CC(=O)OC(C)=O. The van der Waals surface area contributed by atoms with E-state index in [4.69, 9.17) is 0 Å². The predicted molar refractivity (Wildman–Crippen MR) is 38.0 cm³/mol. The fourth-order valence-electron chi connectivity index (χ4n) is 0.526. The summed E-state index contributed by atoms with van der Waals surface area (Å²) >= 11 is 0. The Morgan fingerprint density at radius 2 is 1.75 bits per heavy atom. The van der Waals surface area contributed by atoms with Gasteiger partial charge < -0.3 is 9.47 Å². The molecule has 0 rings (SSSR count). The van der Waals surface area contributed by atoms with E-state index in [9.17, 15) is 14.4 Å². The Kier molecular flexibility index (Phi) is 4.67. The molecular formula is C7H10O5. The van der Waals surface area contributed by atoms with Crippen LogP contribution in [0.25, 0.3) is 0 Å². The van der Waals surface area contributed by atoms with Gasteiger partial charge in [-0.2, -0.15) is 0 Å². The Morgan fingerprint density at radius 1 is 1.17 bits per heavy atom. The summed E-state index contributed by atoms with van der Waals surface area (Å²) < 4.78 is 8.53. The van der Waals surface area contributed by atoms with Crippen LogP contribution in [0.5, 0.6) is 0 Å². The van der Waals surface area contributed by atoms with Crippen LogP contribution in [-0.4, -0.2) is 24.5 Å². The van der Waals surface area contributed by atoms with Gasteiger partial charge in [0.2, 0.25) is 0 Å². The molecule has 0 spiro atoms. The zero-order chi connectivity index (χ0) is 9.56. The number of hydrogen-bond acceptors (Lipinski definition) is 5. The zero-order valence-corrected chi connectivity index (χ0v) is 6.96. The number of esters is 3. The van der Waals surface area contributed by atoms with Gasteiger partial charge in [0.15, 0.2) is 0 Å². The van der Waals surface area contributed by atoms with Gasteiger partial charge in [-0.3, -0.25) is 14.4 Å². The maximum absolute atomic E-state index is 10.6. The van der Waals surface area contributed by atoms with Crippen molar-refractivity contribution >= 4 is 17.9 Å². The first-order valence-corrected chi connectivity index (χ1v) is 3.43. The van der Waals surface area contributed by atoms with Crippen LogP contribution in [-0.2, 0) is 23.9 Å². The first-order valence-electron chi connectivity index (χ1n) is 3.43. The van der Waals surface area contributed by atoms with E-state index in [1.165, 1.54) is 0 Å². The third-order valence-corrected chi connectivity index (χ3v) is 0.852. The summed E-state index contributed by atoms with van der Waals surface area (Å²) in [5, 5.41) is 0. The van der Waals surface area contributed by atoms with Crippen molar-refractivity contribution < 1.29 is 23.9 Å². The third-order valence-electron chi connectivity index (χ3n) is 0.852. The lowest BCUT2D eigenvalue weighted by Gasteiger charge is -1.99. The molecule has 0 aliphatic heterocycles. The predicted octanol–water partition coefficient (Wildman–Crippen LogP) is 0.0293. The number of rotatable bonds is 3. The van der Waals surface area contributed by atoms with Crippen molar-refractivity contribution in [3.63, 3.8) is 0 Å². The molecule has 0 atom stereocenters. The topological polar surface area (TPSA) is 69.7 Å². The highest BCUT2D eigenvalue weighted by molar-refractivity contribution is 5.95. The highest BCUT2D eigenvalue weighted by Gasteiger charge is 2.12. The van der Waals surface area contributed by atoms with E-state index < -0.39 is 24.3 Å². The molecule has 0 aromatic rings. The normalized spacial score (nSPS) is 8.83. The van der Waals surface area contributed by atoms with Gasteiger partial charge in [-0.15, -0.1) is 0 Å². The molecule has 0 amide bonds. The largest absolute Gasteiger partial charge is 0.466 e. The Labute approximate surface area is 69.6 Å². The quantitative estimate of drug-likeness (QED) is 0.446. The molecule has 0 saturated carbocycles. The van der Waals surface area contributed by atoms with Gasteiger partial charge in [0.05, 0.1) is 6.61 Å². The molecule has 0 N–H and O–H groups in total. The van der Waals surface area contributed by atoms with Crippen LogP contribution >= 0.6 is 0 Å². The number of ether oxygens (including phenoxy) is 2. The van der Waals surface area contributed by atoms with Crippen LogP contribution in [0.3, 0.4) is 0 Å². The van der Waals surface area contributed by atoms with Gasteiger partial charge in [0, 0.05) is 6.92 Å². The summed E-state index contributed by atoms with van der Waals surface area (Å²) in [6.07, 6.45) is -0.520. The summed E-state index contributed by atoms with van der Waals surface area (Å²) in [4.78, 5) is 31.4. The molecule has 0 aliphatic carbocycles. The van der Waals surface area contributed by atoms with Crippen LogP contribution in [0.4, 0.5) is 0 Å². The summed E-state index contributed by atoms with van der Waals surface area (Å²) in [6.45, 7) is 2.91. The first-order chi connectivity index (χ1) is 5.56. The van der Waals surface area contributed by atoms with Crippen molar-refractivity contribution in [2.75, 3.05) is 6.61 Å². The molecule has 0 heterocycles. The molecule has 0 unspecified atom stereocenters. The van der Waals surface area contributed by atoms with Crippen molar-refractivity contribution in [2.24, 2.45) is 0 Å². The lowest BCUT2D eigenvalue weighted by Crippen LogP contribution is -2.15. The molecule has 0 bridgehead atoms. The Hall–Kier alpha value is -1.39. The van der Waals surface area contributed by atoms with Gasteiger partial charge in [-0.05, 0) is 6.92 Å². The highest BCUT2D eigenvalue weighted by Crippen LogP contribution is 1.90. The summed E-state index contributed by atoms with van der Waals surface area (Å²) in [6, 6.07) is 0. The van der Waals surface area contributed by atoms with E-state index in [-0.39, 0.29) is 6.61 Å². The van der Waals surface area contributed by atoms with E-state index in [2.05, 4.69) is 9.47 Å². The third kappa shape index (κ3) is 5.40. The molecule has 0 saturated heterocycles. The highest BCUT2D eigenvalue weighted by atomic mass is 16.6. The van der Waals surface area contributed by atoms with E-state index in [0.29, 0.717) is 0 Å². The summed E-state index contributed by atoms with van der Waals surface area (Å²) in [5.41, 5.74) is 0. The number of hydrogen-bond donors (Lipinski definition) is 0. The maximum atomic E-state index is 10.6. The van der Waals surface area contributed by atoms with Gasteiger partial charge in [0.1, 0.15) is 6.42 Å². The van der Waals surface area contributed by atoms with Gasteiger partial charge in [-0.25, -0.2) is 0 Å². The first kappa shape index (κ1) is 10.6. The Bertz CT molecular complexity index is 196. The van der Waals surface area contributed by atoms with E-state index in [1.807, 2.05) is 0 Å². The van der Waals surface area contributed by atoms with E-state index in [0.717, 1.165) is 6.92 Å². The molecule has 5 heteroatoms. The second kappa shape index (κ2) is 5.29. The molecule has 0 fully saturated rings. The molecular weight excluding hydrogens is 164 g/mol. The Morgan fingerprint density at radius 3 is 2.17 bits per heavy atom. The molecule has 0 aromatic carbocycles. The second-order valence-electron chi connectivity index (χ2n) is 1.95. The summed E-state index contributed by atoms with van der Waals surface area (Å²) in [7, 11) is 0. The molecule has 68 valence electrons. The number of carbonyl (C=O) groups is 3. The van der Waals surface area contributed by atoms with Crippen molar-refractivity contribution in [1.82, 2.24) is 0 Å². The van der Waals surface area contributed by atoms with Crippen LogP contribution < -0.4 is 0 Å². The van der Waals surface area contributed by atoms with Crippen LogP contribution in [0, 0.1) is 0 Å². The molecule has 12 heavy (non-hydrogen) atoms. The molecule has 0 aromatic heterocycles. The lowest BCUT2D eigenvalue weighted by molar-refractivity contribution is -0.161. The zero-order valence-electron chi connectivity index (χ0n) is 6.96. The van der Waals surface area contributed by atoms with Crippen LogP contribution in [0.15, 0.2) is 0 Å². The van der Waals surface area contributed by atoms with Gasteiger partial charge in [-0.1, -0.05) is 0 Å². The smallest absolute Gasteiger partial charge is 0.324 e. The van der Waals surface area contributed by atoms with Crippen LogP contribution in [0.1, 0.15) is 20.3 Å². The van der Waals surface area contributed by atoms with Crippen molar-refractivity contribution in [2.45, 2.75) is 20.3 Å². The second-order valence-corrected chi connectivity index (χ2v) is 1.95. The average Bonchev–Trinajstić information content (AvgIpc) is 1.84. The monoisotopic (exact) mass is 174 g/mol. The number of carbonyl (C=O) groups excluding carboxylic acids is 3. The van der Waals surface area contributed by atoms with Crippen LogP contribution in [0.2, 0.25) is 0 Å². The minimum Gasteiger partial charge on any atom is -0.466 e. The van der Waals surface area contributed by atoms with Crippen molar-refractivity contribution in [1.29, 1.82) is 0 Å². The van der Waals surface area contributed by atoms with E-state index in [1.54, 1.807) is 6.92 Å².